The van der Waals surface area contributed by atoms with Crippen LogP contribution in [0.25, 0.3) is 0 Å². The van der Waals surface area contributed by atoms with Gasteiger partial charge in [0, 0.05) is 11.0 Å². The first-order valence-electron chi connectivity index (χ1n) is 5.07. The Morgan fingerprint density at radius 2 is 2.17 bits per heavy atom. The van der Waals surface area contributed by atoms with E-state index in [-0.39, 0.29) is 0 Å². The zero-order valence-corrected chi connectivity index (χ0v) is 9.85. The summed E-state index contributed by atoms with van der Waals surface area (Å²) < 4.78 is 0. The van der Waals surface area contributed by atoms with Crippen LogP contribution in [-0.4, -0.2) is 11.0 Å². The van der Waals surface area contributed by atoms with Crippen LogP contribution in [0.1, 0.15) is 46.0 Å². The second-order valence-corrected chi connectivity index (χ2v) is 6.79. The minimum Gasteiger partial charge on any atom is -0.0938 e. The van der Waals surface area contributed by atoms with E-state index in [1.165, 1.54) is 37.9 Å². The minimum atomic E-state index is 0.899. The fourth-order valence-corrected chi connectivity index (χ4v) is 4.52. The minimum absolute atomic E-state index is 0.899. The summed E-state index contributed by atoms with van der Waals surface area (Å²) in [6.07, 6.45) is 7.24. The van der Waals surface area contributed by atoms with Crippen molar-refractivity contribution in [1.82, 2.24) is 0 Å². The maximum atomic E-state index is 2.32. The number of hydrogen-bond donors (Lipinski definition) is 0. The molecular formula is C10H20S2. The second kappa shape index (κ2) is 6.20. The van der Waals surface area contributed by atoms with Crippen LogP contribution in [0.4, 0.5) is 0 Å². The molecule has 0 aromatic heterocycles. The molecular weight excluding hydrogens is 184 g/mol. The molecule has 1 rings (SSSR count). The molecule has 72 valence electrons. The average molecular weight is 204 g/mol. The van der Waals surface area contributed by atoms with Crippen LogP contribution in [-0.2, 0) is 0 Å². The SMILES string of the molecule is CC(C)CCCC[C@H]1CCSS1. The maximum Gasteiger partial charge on any atom is 0.0159 e. The van der Waals surface area contributed by atoms with Crippen LogP contribution in [0.3, 0.4) is 0 Å². The standard InChI is InChI=1S/C10H20S2/c1-9(2)5-3-4-6-10-7-8-11-12-10/h9-10H,3-8H2,1-2H3/t10-/m0/s1. The molecule has 0 amide bonds. The van der Waals surface area contributed by atoms with Crippen molar-refractivity contribution < 1.29 is 0 Å². The Morgan fingerprint density at radius 3 is 2.75 bits per heavy atom. The Hall–Kier alpha value is 0.700. The lowest BCUT2D eigenvalue weighted by atomic mass is 10.0. The van der Waals surface area contributed by atoms with Gasteiger partial charge in [0.1, 0.15) is 0 Å². The lowest BCUT2D eigenvalue weighted by molar-refractivity contribution is 0.523. The molecule has 0 aromatic carbocycles. The van der Waals surface area contributed by atoms with Gasteiger partial charge in [-0.25, -0.2) is 0 Å². The number of hydrogen-bond acceptors (Lipinski definition) is 2. The highest BCUT2D eigenvalue weighted by Gasteiger charge is 2.15. The summed E-state index contributed by atoms with van der Waals surface area (Å²) in [7, 11) is 4.18. The van der Waals surface area contributed by atoms with Crippen LogP contribution in [0, 0.1) is 5.92 Å². The van der Waals surface area contributed by atoms with Crippen molar-refractivity contribution in [2.75, 3.05) is 5.75 Å². The van der Waals surface area contributed by atoms with Gasteiger partial charge in [-0.1, -0.05) is 54.7 Å². The van der Waals surface area contributed by atoms with Crippen molar-refractivity contribution in [3.05, 3.63) is 0 Å². The van der Waals surface area contributed by atoms with E-state index in [2.05, 4.69) is 35.4 Å². The molecule has 0 nitrogen and oxygen atoms in total. The van der Waals surface area contributed by atoms with Crippen molar-refractivity contribution in [3.63, 3.8) is 0 Å². The molecule has 1 fully saturated rings. The summed E-state index contributed by atoms with van der Waals surface area (Å²) in [4.78, 5) is 0. The Balaban J connectivity index is 1.88. The monoisotopic (exact) mass is 204 g/mol. The molecule has 1 aliphatic heterocycles. The fraction of sp³-hybridized carbons (Fsp3) is 1.00. The molecule has 0 N–H and O–H groups in total. The fourth-order valence-electron chi connectivity index (χ4n) is 1.49. The van der Waals surface area contributed by atoms with Gasteiger partial charge in [-0.05, 0) is 18.8 Å². The van der Waals surface area contributed by atoms with Crippen molar-refractivity contribution in [2.45, 2.75) is 51.2 Å². The largest absolute Gasteiger partial charge is 0.0938 e. The van der Waals surface area contributed by atoms with Gasteiger partial charge < -0.3 is 0 Å². The first-order valence-corrected chi connectivity index (χ1v) is 7.45. The highest BCUT2D eigenvalue weighted by Crippen LogP contribution is 2.39. The predicted molar refractivity (Wildman–Crippen MR) is 61.8 cm³/mol. The van der Waals surface area contributed by atoms with E-state index < -0.39 is 0 Å². The van der Waals surface area contributed by atoms with Gasteiger partial charge in [0.2, 0.25) is 0 Å². The van der Waals surface area contributed by atoms with Crippen LogP contribution in [0.5, 0.6) is 0 Å². The zero-order chi connectivity index (χ0) is 8.81. The summed E-state index contributed by atoms with van der Waals surface area (Å²) in [6, 6.07) is 0. The molecule has 1 heterocycles. The molecule has 0 spiro atoms. The normalized spacial score (nSPS) is 23.8. The van der Waals surface area contributed by atoms with Gasteiger partial charge in [0.15, 0.2) is 0 Å². The average Bonchev–Trinajstić information content (AvgIpc) is 2.49. The molecule has 0 unspecified atom stereocenters. The molecule has 0 bridgehead atoms. The highest BCUT2D eigenvalue weighted by atomic mass is 33.1. The summed E-state index contributed by atoms with van der Waals surface area (Å²) in [5.41, 5.74) is 0. The van der Waals surface area contributed by atoms with Crippen molar-refractivity contribution in [3.8, 4) is 0 Å². The smallest absolute Gasteiger partial charge is 0.0159 e. The van der Waals surface area contributed by atoms with E-state index >= 15 is 0 Å². The molecule has 1 aliphatic rings. The Labute approximate surface area is 84.7 Å². The van der Waals surface area contributed by atoms with Crippen LogP contribution < -0.4 is 0 Å². The van der Waals surface area contributed by atoms with Crippen LogP contribution >= 0.6 is 21.6 Å². The van der Waals surface area contributed by atoms with Crippen molar-refractivity contribution in [1.29, 1.82) is 0 Å². The van der Waals surface area contributed by atoms with Crippen LogP contribution in [0.2, 0.25) is 0 Å². The van der Waals surface area contributed by atoms with Gasteiger partial charge in [-0.3, -0.25) is 0 Å². The van der Waals surface area contributed by atoms with E-state index in [1.807, 2.05) is 0 Å². The van der Waals surface area contributed by atoms with Crippen molar-refractivity contribution in [2.24, 2.45) is 5.92 Å². The topological polar surface area (TPSA) is 0 Å². The lowest BCUT2D eigenvalue weighted by Gasteiger charge is -2.07. The van der Waals surface area contributed by atoms with E-state index in [9.17, 15) is 0 Å². The van der Waals surface area contributed by atoms with Crippen molar-refractivity contribution >= 4 is 21.6 Å². The Bertz CT molecular complexity index is 106. The van der Waals surface area contributed by atoms with Gasteiger partial charge in [0.25, 0.3) is 0 Å². The molecule has 0 saturated carbocycles. The van der Waals surface area contributed by atoms with Gasteiger partial charge in [-0.15, -0.1) is 0 Å². The van der Waals surface area contributed by atoms with E-state index in [1.54, 1.807) is 0 Å². The summed E-state index contributed by atoms with van der Waals surface area (Å²) >= 11 is 0. The van der Waals surface area contributed by atoms with Crippen LogP contribution in [0.15, 0.2) is 0 Å². The quantitative estimate of drug-likeness (QED) is 0.482. The molecule has 1 atom stereocenters. The molecule has 0 aromatic rings. The molecule has 1 saturated heterocycles. The number of unbranched alkanes of at least 4 members (excludes halogenated alkanes) is 1. The van der Waals surface area contributed by atoms with Gasteiger partial charge in [0.05, 0.1) is 0 Å². The Kier molecular flexibility index (Phi) is 5.57. The summed E-state index contributed by atoms with van der Waals surface area (Å²) in [5, 5.41) is 0.988. The van der Waals surface area contributed by atoms with E-state index in [0.717, 1.165) is 11.2 Å². The van der Waals surface area contributed by atoms with E-state index in [4.69, 9.17) is 0 Å². The first-order chi connectivity index (χ1) is 5.79. The molecule has 12 heavy (non-hydrogen) atoms. The lowest BCUT2D eigenvalue weighted by Crippen LogP contribution is -1.97. The molecule has 0 radical (unpaired) electrons. The third-order valence-electron chi connectivity index (χ3n) is 2.28. The van der Waals surface area contributed by atoms with E-state index in [0.29, 0.717) is 0 Å². The predicted octanol–water partition coefficient (Wildman–Crippen LogP) is 4.36. The summed E-state index contributed by atoms with van der Waals surface area (Å²) in [5.74, 6) is 2.29. The second-order valence-electron chi connectivity index (χ2n) is 4.01. The molecule has 2 heteroatoms. The zero-order valence-electron chi connectivity index (χ0n) is 8.21. The van der Waals surface area contributed by atoms with Gasteiger partial charge >= 0.3 is 0 Å². The maximum absolute atomic E-state index is 2.32. The third kappa shape index (κ3) is 4.66. The summed E-state index contributed by atoms with van der Waals surface area (Å²) in [6.45, 7) is 4.64. The molecule has 0 aliphatic carbocycles. The first kappa shape index (κ1) is 10.8. The van der Waals surface area contributed by atoms with Gasteiger partial charge in [-0.2, -0.15) is 0 Å². The Morgan fingerprint density at radius 1 is 1.33 bits per heavy atom. The third-order valence-corrected chi connectivity index (χ3v) is 5.29. The highest BCUT2D eigenvalue weighted by molar-refractivity contribution is 8.77. The number of rotatable bonds is 5.